The van der Waals surface area contributed by atoms with Gasteiger partial charge in [0.25, 0.3) is 0 Å². The monoisotopic (exact) mass is 181 g/mol. The van der Waals surface area contributed by atoms with Crippen molar-refractivity contribution < 1.29 is 19.7 Å². The number of hydrogen-bond donors (Lipinski definition) is 4. The van der Waals surface area contributed by atoms with E-state index in [-0.39, 0.29) is 26.4 Å². The van der Waals surface area contributed by atoms with E-state index in [2.05, 4.69) is 0 Å². The highest BCUT2D eigenvalue weighted by molar-refractivity contribution is 6.22. The zero-order chi connectivity index (χ0) is 8.74. The molecule has 0 amide bonds. The van der Waals surface area contributed by atoms with Crippen LogP contribution in [-0.2, 0) is 4.43 Å². The van der Waals surface area contributed by atoms with E-state index in [9.17, 15) is 0 Å². The fraction of sp³-hybridized carbons (Fsp3) is 1.00. The average Bonchev–Trinajstić information content (AvgIpc) is 2.08. The first-order chi connectivity index (χ1) is 5.24. The van der Waals surface area contributed by atoms with Gasteiger partial charge in [-0.3, -0.25) is 0 Å². The van der Waals surface area contributed by atoms with Gasteiger partial charge in [0, 0.05) is 6.61 Å². The standard InChI is InChI=1S/C5H15NO4Si/c6-11-10-4-5(1-7,2-8)3-9/h7-9H,1-4,6,11H2. The molecule has 5 nitrogen and oxygen atoms in total. The molecule has 5 N–H and O–H groups in total. The van der Waals surface area contributed by atoms with Gasteiger partial charge in [0.2, 0.25) is 9.92 Å². The van der Waals surface area contributed by atoms with Crippen molar-refractivity contribution in [3.05, 3.63) is 0 Å². The molecular weight excluding hydrogens is 166 g/mol. The number of aliphatic hydroxyl groups excluding tert-OH is 3. The molecule has 0 radical (unpaired) electrons. The van der Waals surface area contributed by atoms with Crippen molar-refractivity contribution in [1.29, 1.82) is 0 Å². The maximum Gasteiger partial charge on any atom is 0.233 e. The molecule has 0 saturated carbocycles. The summed E-state index contributed by atoms with van der Waals surface area (Å²) in [6.45, 7) is -0.767. The molecule has 11 heavy (non-hydrogen) atoms. The first kappa shape index (κ1) is 11.0. The lowest BCUT2D eigenvalue weighted by Crippen LogP contribution is -2.39. The van der Waals surface area contributed by atoms with Crippen LogP contribution in [0.1, 0.15) is 0 Å². The van der Waals surface area contributed by atoms with Gasteiger partial charge in [0.05, 0.1) is 25.2 Å². The fourth-order valence-electron chi connectivity index (χ4n) is 0.562. The van der Waals surface area contributed by atoms with E-state index >= 15 is 0 Å². The van der Waals surface area contributed by atoms with Gasteiger partial charge in [0.15, 0.2) is 0 Å². The van der Waals surface area contributed by atoms with Crippen molar-refractivity contribution in [2.75, 3.05) is 26.4 Å². The maximum atomic E-state index is 8.78. The van der Waals surface area contributed by atoms with Gasteiger partial charge in [-0.25, -0.2) is 0 Å². The van der Waals surface area contributed by atoms with E-state index in [1.807, 2.05) is 0 Å². The second kappa shape index (κ2) is 5.64. The molecule has 0 aromatic heterocycles. The average molecular weight is 181 g/mol. The molecule has 6 heteroatoms. The van der Waals surface area contributed by atoms with E-state index in [0.29, 0.717) is 0 Å². The molecule has 0 aromatic rings. The minimum atomic E-state index is -1.03. The summed E-state index contributed by atoms with van der Waals surface area (Å²) in [6.07, 6.45) is 0. The Bertz CT molecular complexity index is 90.2. The van der Waals surface area contributed by atoms with Gasteiger partial charge in [-0.1, -0.05) is 0 Å². The lowest BCUT2D eigenvalue weighted by molar-refractivity contribution is -0.0254. The van der Waals surface area contributed by atoms with E-state index in [1.54, 1.807) is 0 Å². The smallest absolute Gasteiger partial charge is 0.233 e. The molecule has 0 spiro atoms. The Balaban J connectivity index is 3.84. The Morgan fingerprint density at radius 3 is 1.91 bits per heavy atom. The first-order valence-electron chi connectivity index (χ1n) is 3.35. The van der Waals surface area contributed by atoms with Crippen LogP contribution in [0.3, 0.4) is 0 Å². The minimum absolute atomic E-state index is 0.124. The highest BCUT2D eigenvalue weighted by atomic mass is 28.2. The summed E-state index contributed by atoms with van der Waals surface area (Å²) >= 11 is 0. The van der Waals surface area contributed by atoms with Crippen molar-refractivity contribution >= 4 is 9.92 Å². The molecule has 0 heterocycles. The van der Waals surface area contributed by atoms with Gasteiger partial charge in [-0.15, -0.1) is 0 Å². The van der Waals surface area contributed by atoms with E-state index in [1.165, 1.54) is 0 Å². The van der Waals surface area contributed by atoms with E-state index < -0.39 is 15.3 Å². The first-order valence-corrected chi connectivity index (χ1v) is 4.74. The maximum absolute atomic E-state index is 8.78. The molecule has 68 valence electrons. The van der Waals surface area contributed by atoms with Crippen LogP contribution in [-0.4, -0.2) is 51.7 Å². The molecular formula is C5H15NO4Si. The predicted octanol–water partition coefficient (Wildman–Crippen LogP) is -3.08. The van der Waals surface area contributed by atoms with Crippen molar-refractivity contribution in [2.24, 2.45) is 10.8 Å². The third kappa shape index (κ3) is 3.28. The second-order valence-electron chi connectivity index (χ2n) is 2.49. The van der Waals surface area contributed by atoms with Crippen LogP contribution in [0.15, 0.2) is 0 Å². The van der Waals surface area contributed by atoms with E-state index in [0.717, 1.165) is 0 Å². The van der Waals surface area contributed by atoms with Gasteiger partial charge in [0.1, 0.15) is 0 Å². The fourth-order valence-corrected chi connectivity index (χ4v) is 1.11. The summed E-state index contributed by atoms with van der Waals surface area (Å²) in [4.78, 5) is 0. The largest absolute Gasteiger partial charge is 0.408 e. The van der Waals surface area contributed by atoms with Crippen LogP contribution in [0.2, 0.25) is 0 Å². The Hall–Kier alpha value is 0.0169. The number of aliphatic hydroxyl groups is 3. The zero-order valence-corrected chi connectivity index (χ0v) is 7.78. The van der Waals surface area contributed by atoms with Crippen LogP contribution in [0.5, 0.6) is 0 Å². The van der Waals surface area contributed by atoms with Crippen LogP contribution < -0.4 is 5.40 Å². The third-order valence-electron chi connectivity index (χ3n) is 1.53. The number of hydrogen-bond acceptors (Lipinski definition) is 5. The summed E-state index contributed by atoms with van der Waals surface area (Å²) in [5, 5.41) is 31.5. The molecule has 0 saturated heterocycles. The van der Waals surface area contributed by atoms with E-state index in [4.69, 9.17) is 25.1 Å². The van der Waals surface area contributed by atoms with Crippen molar-refractivity contribution in [3.63, 3.8) is 0 Å². The van der Waals surface area contributed by atoms with Gasteiger partial charge >= 0.3 is 0 Å². The van der Waals surface area contributed by atoms with Crippen molar-refractivity contribution in [1.82, 2.24) is 0 Å². The van der Waals surface area contributed by atoms with Crippen molar-refractivity contribution in [3.8, 4) is 0 Å². The normalized spacial score (nSPS) is 13.1. The minimum Gasteiger partial charge on any atom is -0.408 e. The summed E-state index contributed by atoms with van der Waals surface area (Å²) in [6, 6.07) is 0. The van der Waals surface area contributed by atoms with Crippen molar-refractivity contribution in [2.45, 2.75) is 0 Å². The number of rotatable bonds is 6. The topological polar surface area (TPSA) is 95.9 Å². The summed E-state index contributed by atoms with van der Waals surface area (Å²) < 4.78 is 4.91. The number of nitrogens with two attached hydrogens (primary N) is 1. The SMILES string of the molecule is N[SiH2]OCC(CO)(CO)CO. The Kier molecular flexibility index (Phi) is 5.65. The van der Waals surface area contributed by atoms with Gasteiger partial charge < -0.3 is 25.1 Å². The Labute approximate surface area is 67.8 Å². The third-order valence-corrected chi connectivity index (χ3v) is 1.97. The van der Waals surface area contributed by atoms with Crippen LogP contribution >= 0.6 is 0 Å². The molecule has 0 aliphatic heterocycles. The van der Waals surface area contributed by atoms with Crippen LogP contribution in [0.25, 0.3) is 0 Å². The van der Waals surface area contributed by atoms with Gasteiger partial charge in [-0.05, 0) is 0 Å². The predicted molar refractivity (Wildman–Crippen MR) is 42.4 cm³/mol. The molecule has 0 rings (SSSR count). The molecule has 0 aliphatic carbocycles. The highest BCUT2D eigenvalue weighted by Crippen LogP contribution is 2.13. The Morgan fingerprint density at radius 2 is 1.64 bits per heavy atom. The molecule has 0 aromatic carbocycles. The van der Waals surface area contributed by atoms with Crippen LogP contribution in [0, 0.1) is 5.41 Å². The van der Waals surface area contributed by atoms with Crippen LogP contribution in [0.4, 0.5) is 0 Å². The quantitative estimate of drug-likeness (QED) is 0.326. The summed E-state index contributed by atoms with van der Waals surface area (Å²) in [7, 11) is -1.03. The molecule has 0 bridgehead atoms. The highest BCUT2D eigenvalue weighted by Gasteiger charge is 2.27. The lowest BCUT2D eigenvalue weighted by atomic mass is 9.93. The summed E-state index contributed by atoms with van der Waals surface area (Å²) in [5.41, 5.74) is -0.924. The second-order valence-corrected chi connectivity index (χ2v) is 3.23. The molecule has 0 aliphatic rings. The molecule has 0 fully saturated rings. The lowest BCUT2D eigenvalue weighted by Gasteiger charge is -2.26. The molecule has 0 unspecified atom stereocenters. The summed E-state index contributed by atoms with van der Waals surface area (Å²) in [5.74, 6) is 0. The Morgan fingerprint density at radius 1 is 1.18 bits per heavy atom. The molecule has 0 atom stereocenters. The zero-order valence-electron chi connectivity index (χ0n) is 6.36. The van der Waals surface area contributed by atoms with Gasteiger partial charge in [-0.2, -0.15) is 0 Å².